The number of aliphatic carboxylic acids is 1. The van der Waals surface area contributed by atoms with Gasteiger partial charge in [0.2, 0.25) is 0 Å². The minimum atomic E-state index is -0.737. The SMILES string of the molecule is C=NCCCN1CCN(CC(=O)O)CC1. The maximum absolute atomic E-state index is 10.5. The third-order valence-electron chi connectivity index (χ3n) is 2.61. The molecule has 0 aromatic rings. The molecule has 0 aromatic carbocycles. The fourth-order valence-corrected chi connectivity index (χ4v) is 1.77. The molecule has 0 aromatic heterocycles. The molecule has 1 aliphatic rings. The molecule has 1 aliphatic heterocycles. The number of carboxylic acids is 1. The van der Waals surface area contributed by atoms with Gasteiger partial charge in [0, 0.05) is 32.7 Å². The molecule has 0 bridgehead atoms. The van der Waals surface area contributed by atoms with Crippen molar-refractivity contribution in [1.82, 2.24) is 9.80 Å². The van der Waals surface area contributed by atoms with Gasteiger partial charge in [0.1, 0.15) is 0 Å². The van der Waals surface area contributed by atoms with Crippen LogP contribution in [-0.2, 0) is 4.79 Å². The van der Waals surface area contributed by atoms with Crippen molar-refractivity contribution in [3.05, 3.63) is 0 Å². The van der Waals surface area contributed by atoms with Gasteiger partial charge < -0.3 is 15.0 Å². The van der Waals surface area contributed by atoms with E-state index in [2.05, 4.69) is 16.6 Å². The second kappa shape index (κ2) is 6.53. The lowest BCUT2D eigenvalue weighted by molar-refractivity contribution is -0.138. The minimum absolute atomic E-state index is 0.169. The first kappa shape index (κ1) is 12.1. The molecular formula is C10H19N3O2. The van der Waals surface area contributed by atoms with E-state index in [4.69, 9.17) is 5.11 Å². The Bertz CT molecular complexity index is 213. The summed E-state index contributed by atoms with van der Waals surface area (Å²) >= 11 is 0. The van der Waals surface area contributed by atoms with Gasteiger partial charge in [-0.3, -0.25) is 9.69 Å². The summed E-state index contributed by atoms with van der Waals surface area (Å²) < 4.78 is 0. The Hall–Kier alpha value is -0.940. The van der Waals surface area contributed by atoms with Crippen LogP contribution < -0.4 is 0 Å². The van der Waals surface area contributed by atoms with Crippen LogP contribution in [0.5, 0.6) is 0 Å². The summed E-state index contributed by atoms with van der Waals surface area (Å²) in [7, 11) is 0. The predicted octanol–water partition coefficient (Wildman–Crippen LogP) is -0.221. The Morgan fingerprint density at radius 2 is 1.87 bits per heavy atom. The molecular weight excluding hydrogens is 194 g/mol. The standard InChI is InChI=1S/C10H19N3O2/c1-11-3-2-4-12-5-7-13(8-6-12)9-10(14)15/h1-9H2,(H,14,15). The molecule has 1 saturated heterocycles. The third kappa shape index (κ3) is 4.90. The lowest BCUT2D eigenvalue weighted by atomic mass is 10.3. The Morgan fingerprint density at radius 1 is 1.27 bits per heavy atom. The maximum Gasteiger partial charge on any atom is 0.317 e. The summed E-state index contributed by atoms with van der Waals surface area (Å²) in [5.74, 6) is -0.737. The van der Waals surface area contributed by atoms with Gasteiger partial charge >= 0.3 is 5.97 Å². The molecule has 1 heterocycles. The summed E-state index contributed by atoms with van der Waals surface area (Å²) in [6, 6.07) is 0. The van der Waals surface area contributed by atoms with Crippen LogP contribution in [0.4, 0.5) is 0 Å². The molecule has 1 fully saturated rings. The van der Waals surface area contributed by atoms with Crippen LogP contribution in [0, 0.1) is 0 Å². The van der Waals surface area contributed by atoms with Crippen LogP contribution >= 0.6 is 0 Å². The first-order chi connectivity index (χ1) is 7.22. The quantitative estimate of drug-likeness (QED) is 0.489. The van der Waals surface area contributed by atoms with E-state index in [0.717, 1.165) is 45.7 Å². The molecule has 0 spiro atoms. The number of nitrogens with zero attached hydrogens (tertiary/aromatic N) is 3. The average Bonchev–Trinajstić information content (AvgIpc) is 2.20. The highest BCUT2D eigenvalue weighted by molar-refractivity contribution is 5.69. The van der Waals surface area contributed by atoms with Crippen molar-refractivity contribution >= 4 is 12.7 Å². The molecule has 0 amide bonds. The van der Waals surface area contributed by atoms with E-state index in [0.29, 0.717) is 0 Å². The smallest absolute Gasteiger partial charge is 0.317 e. The summed E-state index contributed by atoms with van der Waals surface area (Å²) in [5, 5.41) is 8.63. The van der Waals surface area contributed by atoms with Gasteiger partial charge in [-0.25, -0.2) is 0 Å². The number of hydrogen-bond donors (Lipinski definition) is 1. The zero-order chi connectivity index (χ0) is 11.1. The molecule has 5 heteroatoms. The van der Waals surface area contributed by atoms with E-state index < -0.39 is 5.97 Å². The molecule has 0 radical (unpaired) electrons. The van der Waals surface area contributed by atoms with Crippen LogP contribution in [0.3, 0.4) is 0 Å². The third-order valence-corrected chi connectivity index (χ3v) is 2.61. The average molecular weight is 213 g/mol. The number of carbonyl (C=O) groups is 1. The van der Waals surface area contributed by atoms with Crippen molar-refractivity contribution in [3.63, 3.8) is 0 Å². The number of rotatable bonds is 6. The number of hydrogen-bond acceptors (Lipinski definition) is 4. The van der Waals surface area contributed by atoms with Gasteiger partial charge in [-0.2, -0.15) is 0 Å². The zero-order valence-corrected chi connectivity index (χ0v) is 9.06. The molecule has 15 heavy (non-hydrogen) atoms. The van der Waals surface area contributed by atoms with Crippen molar-refractivity contribution in [2.75, 3.05) is 45.8 Å². The van der Waals surface area contributed by atoms with Crippen molar-refractivity contribution in [1.29, 1.82) is 0 Å². The van der Waals surface area contributed by atoms with Gasteiger partial charge in [0.25, 0.3) is 0 Å². The normalized spacial score (nSPS) is 18.9. The second-order valence-corrected chi connectivity index (χ2v) is 3.81. The predicted molar refractivity (Wildman–Crippen MR) is 59.5 cm³/mol. The van der Waals surface area contributed by atoms with Crippen molar-refractivity contribution in [2.24, 2.45) is 4.99 Å². The van der Waals surface area contributed by atoms with E-state index in [1.807, 2.05) is 4.90 Å². The Balaban J connectivity index is 2.12. The van der Waals surface area contributed by atoms with Gasteiger partial charge in [0.15, 0.2) is 0 Å². The highest BCUT2D eigenvalue weighted by atomic mass is 16.4. The summed E-state index contributed by atoms with van der Waals surface area (Å²) in [6.07, 6.45) is 1.04. The van der Waals surface area contributed by atoms with Crippen molar-refractivity contribution < 1.29 is 9.90 Å². The van der Waals surface area contributed by atoms with Crippen LogP contribution in [0.25, 0.3) is 0 Å². The number of piperazine rings is 1. The minimum Gasteiger partial charge on any atom is -0.480 e. The molecule has 0 aliphatic carbocycles. The van der Waals surface area contributed by atoms with Crippen LogP contribution in [0.2, 0.25) is 0 Å². The molecule has 1 rings (SSSR count). The fourth-order valence-electron chi connectivity index (χ4n) is 1.77. The second-order valence-electron chi connectivity index (χ2n) is 3.81. The topological polar surface area (TPSA) is 56.1 Å². The molecule has 5 nitrogen and oxygen atoms in total. The van der Waals surface area contributed by atoms with Crippen molar-refractivity contribution in [3.8, 4) is 0 Å². The van der Waals surface area contributed by atoms with E-state index in [1.165, 1.54) is 0 Å². The summed E-state index contributed by atoms with van der Waals surface area (Å²) in [5.41, 5.74) is 0. The molecule has 0 atom stereocenters. The highest BCUT2D eigenvalue weighted by Gasteiger charge is 2.17. The van der Waals surface area contributed by atoms with Gasteiger partial charge in [-0.05, 0) is 19.7 Å². The maximum atomic E-state index is 10.5. The number of aliphatic imine (C=N–C) groups is 1. The largest absolute Gasteiger partial charge is 0.480 e. The molecule has 1 N–H and O–H groups in total. The summed E-state index contributed by atoms with van der Waals surface area (Å²) in [6.45, 7) is 9.11. The van der Waals surface area contributed by atoms with E-state index in [1.54, 1.807) is 0 Å². The highest BCUT2D eigenvalue weighted by Crippen LogP contribution is 2.02. The first-order valence-electron chi connectivity index (χ1n) is 5.31. The summed E-state index contributed by atoms with van der Waals surface area (Å²) in [4.78, 5) is 18.6. The van der Waals surface area contributed by atoms with Gasteiger partial charge in [0.05, 0.1) is 6.54 Å². The van der Waals surface area contributed by atoms with Crippen LogP contribution in [0.1, 0.15) is 6.42 Å². The van der Waals surface area contributed by atoms with E-state index in [-0.39, 0.29) is 6.54 Å². The Labute approximate surface area is 90.4 Å². The molecule has 0 unspecified atom stereocenters. The molecule has 0 saturated carbocycles. The van der Waals surface area contributed by atoms with Gasteiger partial charge in [-0.15, -0.1) is 0 Å². The lowest BCUT2D eigenvalue weighted by Gasteiger charge is -2.33. The number of carboxylic acid groups (broad SMARTS) is 1. The Kier molecular flexibility index (Phi) is 5.28. The van der Waals surface area contributed by atoms with Gasteiger partial charge in [-0.1, -0.05) is 0 Å². The fraction of sp³-hybridized carbons (Fsp3) is 0.800. The van der Waals surface area contributed by atoms with E-state index in [9.17, 15) is 4.79 Å². The first-order valence-corrected chi connectivity index (χ1v) is 5.31. The zero-order valence-electron chi connectivity index (χ0n) is 9.06. The lowest BCUT2D eigenvalue weighted by Crippen LogP contribution is -2.48. The van der Waals surface area contributed by atoms with E-state index >= 15 is 0 Å². The van der Waals surface area contributed by atoms with Crippen LogP contribution in [0.15, 0.2) is 4.99 Å². The monoisotopic (exact) mass is 213 g/mol. The Morgan fingerprint density at radius 3 is 2.40 bits per heavy atom. The van der Waals surface area contributed by atoms with Crippen LogP contribution in [-0.4, -0.2) is 73.4 Å². The van der Waals surface area contributed by atoms with Crippen molar-refractivity contribution in [2.45, 2.75) is 6.42 Å². The molecule has 86 valence electrons.